The van der Waals surface area contributed by atoms with Gasteiger partial charge in [-0.05, 0) is 23.8 Å². The second-order valence-electron chi connectivity index (χ2n) is 4.26. The lowest BCUT2D eigenvalue weighted by molar-refractivity contribution is 0.224. The molecule has 1 aromatic carbocycles. The SMILES string of the molecule is CC(C)NCC1Cc2cc(Cl)ccc2O1. The summed E-state index contributed by atoms with van der Waals surface area (Å²) in [6, 6.07) is 6.32. The Balaban J connectivity index is 1.97. The normalized spacial score (nSPS) is 19.1. The van der Waals surface area contributed by atoms with E-state index < -0.39 is 0 Å². The minimum atomic E-state index is 0.251. The largest absolute Gasteiger partial charge is 0.488 e. The van der Waals surface area contributed by atoms with E-state index in [1.54, 1.807) is 0 Å². The van der Waals surface area contributed by atoms with Crippen molar-refractivity contribution in [1.29, 1.82) is 0 Å². The summed E-state index contributed by atoms with van der Waals surface area (Å²) in [5.74, 6) is 0.981. The Morgan fingerprint density at radius 2 is 2.33 bits per heavy atom. The molecule has 15 heavy (non-hydrogen) atoms. The quantitative estimate of drug-likeness (QED) is 0.854. The highest BCUT2D eigenvalue weighted by Crippen LogP contribution is 2.30. The van der Waals surface area contributed by atoms with Crippen LogP contribution in [0.5, 0.6) is 5.75 Å². The van der Waals surface area contributed by atoms with Crippen molar-refractivity contribution in [3.8, 4) is 5.75 Å². The Hall–Kier alpha value is -0.730. The van der Waals surface area contributed by atoms with Crippen LogP contribution in [0, 0.1) is 0 Å². The molecule has 1 N–H and O–H groups in total. The van der Waals surface area contributed by atoms with Crippen LogP contribution in [0.4, 0.5) is 0 Å². The molecule has 1 atom stereocenters. The van der Waals surface area contributed by atoms with Crippen LogP contribution in [0.1, 0.15) is 19.4 Å². The average molecular weight is 226 g/mol. The van der Waals surface area contributed by atoms with Crippen molar-refractivity contribution in [2.45, 2.75) is 32.4 Å². The molecule has 1 aliphatic heterocycles. The van der Waals surface area contributed by atoms with Crippen LogP contribution in [-0.2, 0) is 6.42 Å². The fourth-order valence-corrected chi connectivity index (χ4v) is 1.96. The molecule has 1 aliphatic rings. The Labute approximate surface area is 95.6 Å². The lowest BCUT2D eigenvalue weighted by atomic mass is 10.1. The van der Waals surface area contributed by atoms with Gasteiger partial charge in [-0.2, -0.15) is 0 Å². The highest BCUT2D eigenvalue weighted by molar-refractivity contribution is 6.30. The number of ether oxygens (including phenoxy) is 1. The van der Waals surface area contributed by atoms with Gasteiger partial charge < -0.3 is 10.1 Å². The maximum Gasteiger partial charge on any atom is 0.123 e. The topological polar surface area (TPSA) is 21.3 Å². The van der Waals surface area contributed by atoms with Crippen molar-refractivity contribution in [2.24, 2.45) is 0 Å². The average Bonchev–Trinajstić information content (AvgIpc) is 2.56. The molecule has 0 amide bonds. The molecular formula is C12H16ClNO. The van der Waals surface area contributed by atoms with Crippen molar-refractivity contribution in [3.63, 3.8) is 0 Å². The zero-order chi connectivity index (χ0) is 10.8. The molecule has 0 radical (unpaired) electrons. The van der Waals surface area contributed by atoms with Crippen molar-refractivity contribution in [2.75, 3.05) is 6.54 Å². The number of rotatable bonds is 3. The van der Waals surface area contributed by atoms with E-state index in [0.29, 0.717) is 6.04 Å². The number of hydrogen-bond donors (Lipinski definition) is 1. The van der Waals surface area contributed by atoms with Gasteiger partial charge in [0.15, 0.2) is 0 Å². The second-order valence-corrected chi connectivity index (χ2v) is 4.70. The number of hydrogen-bond acceptors (Lipinski definition) is 2. The van der Waals surface area contributed by atoms with Gasteiger partial charge in [-0.1, -0.05) is 25.4 Å². The molecule has 0 aliphatic carbocycles. The zero-order valence-electron chi connectivity index (χ0n) is 9.09. The summed E-state index contributed by atoms with van der Waals surface area (Å²) in [7, 11) is 0. The Morgan fingerprint density at radius 3 is 3.07 bits per heavy atom. The van der Waals surface area contributed by atoms with Gasteiger partial charge in [0.05, 0.1) is 0 Å². The van der Waals surface area contributed by atoms with Crippen LogP contribution in [0.2, 0.25) is 5.02 Å². The first-order valence-corrected chi connectivity index (χ1v) is 5.71. The third-order valence-electron chi connectivity index (χ3n) is 2.52. The van der Waals surface area contributed by atoms with E-state index >= 15 is 0 Å². The molecular weight excluding hydrogens is 210 g/mol. The molecule has 0 spiro atoms. The molecule has 1 heterocycles. The standard InChI is InChI=1S/C12H16ClNO/c1-8(2)14-7-11-6-9-5-10(13)3-4-12(9)15-11/h3-5,8,11,14H,6-7H2,1-2H3. The van der Waals surface area contributed by atoms with Crippen LogP contribution in [0.3, 0.4) is 0 Å². The van der Waals surface area contributed by atoms with E-state index in [4.69, 9.17) is 16.3 Å². The van der Waals surface area contributed by atoms with E-state index in [0.717, 1.165) is 23.7 Å². The first kappa shape index (κ1) is 10.8. The molecule has 1 aromatic rings. The number of halogens is 1. The lowest BCUT2D eigenvalue weighted by Crippen LogP contribution is -2.34. The van der Waals surface area contributed by atoms with Crippen LogP contribution in [0.15, 0.2) is 18.2 Å². The van der Waals surface area contributed by atoms with E-state index in [1.807, 2.05) is 18.2 Å². The molecule has 82 valence electrons. The first-order chi connectivity index (χ1) is 7.15. The molecule has 0 fully saturated rings. The lowest BCUT2D eigenvalue weighted by Gasteiger charge is -2.13. The predicted molar refractivity (Wildman–Crippen MR) is 62.7 cm³/mol. The highest BCUT2D eigenvalue weighted by atomic mass is 35.5. The summed E-state index contributed by atoms with van der Waals surface area (Å²) < 4.78 is 5.79. The van der Waals surface area contributed by atoms with E-state index in [2.05, 4.69) is 19.2 Å². The summed E-state index contributed by atoms with van der Waals surface area (Å²) in [5, 5.41) is 4.17. The molecule has 0 aromatic heterocycles. The fraction of sp³-hybridized carbons (Fsp3) is 0.500. The van der Waals surface area contributed by atoms with Crippen molar-refractivity contribution >= 4 is 11.6 Å². The monoisotopic (exact) mass is 225 g/mol. The molecule has 0 bridgehead atoms. The smallest absolute Gasteiger partial charge is 0.123 e. The van der Waals surface area contributed by atoms with Gasteiger partial charge in [-0.3, -0.25) is 0 Å². The Bertz CT molecular complexity index is 351. The zero-order valence-corrected chi connectivity index (χ0v) is 9.84. The van der Waals surface area contributed by atoms with E-state index in [9.17, 15) is 0 Å². The Kier molecular flexibility index (Phi) is 3.17. The van der Waals surface area contributed by atoms with Crippen molar-refractivity contribution in [3.05, 3.63) is 28.8 Å². The minimum Gasteiger partial charge on any atom is -0.488 e. The molecule has 3 heteroatoms. The summed E-state index contributed by atoms with van der Waals surface area (Å²) in [5.41, 5.74) is 1.22. The number of nitrogens with one attached hydrogen (secondary N) is 1. The predicted octanol–water partition coefficient (Wildman–Crippen LogP) is 2.64. The summed E-state index contributed by atoms with van der Waals surface area (Å²) in [4.78, 5) is 0. The van der Waals surface area contributed by atoms with Gasteiger partial charge in [0.1, 0.15) is 11.9 Å². The van der Waals surface area contributed by atoms with Crippen LogP contribution in [0.25, 0.3) is 0 Å². The molecule has 1 unspecified atom stereocenters. The summed E-state index contributed by atoms with van der Waals surface area (Å²) in [6.07, 6.45) is 1.20. The molecule has 2 rings (SSSR count). The third-order valence-corrected chi connectivity index (χ3v) is 2.75. The van der Waals surface area contributed by atoms with E-state index in [-0.39, 0.29) is 6.10 Å². The van der Waals surface area contributed by atoms with Crippen LogP contribution >= 0.6 is 11.6 Å². The fourth-order valence-electron chi connectivity index (χ4n) is 1.77. The molecule has 0 saturated heterocycles. The minimum absolute atomic E-state index is 0.251. The maximum atomic E-state index is 5.93. The third kappa shape index (κ3) is 2.64. The van der Waals surface area contributed by atoms with Crippen LogP contribution in [-0.4, -0.2) is 18.7 Å². The number of fused-ring (bicyclic) bond motifs is 1. The molecule has 0 saturated carbocycles. The first-order valence-electron chi connectivity index (χ1n) is 5.33. The van der Waals surface area contributed by atoms with Gasteiger partial charge in [0, 0.05) is 24.0 Å². The van der Waals surface area contributed by atoms with Gasteiger partial charge >= 0.3 is 0 Å². The molecule has 2 nitrogen and oxygen atoms in total. The van der Waals surface area contributed by atoms with Gasteiger partial charge in [0.2, 0.25) is 0 Å². The van der Waals surface area contributed by atoms with Crippen LogP contribution < -0.4 is 10.1 Å². The van der Waals surface area contributed by atoms with Gasteiger partial charge in [0.25, 0.3) is 0 Å². The van der Waals surface area contributed by atoms with Crippen molar-refractivity contribution in [1.82, 2.24) is 5.32 Å². The summed E-state index contributed by atoms with van der Waals surface area (Å²) in [6.45, 7) is 5.17. The summed E-state index contributed by atoms with van der Waals surface area (Å²) >= 11 is 5.93. The highest BCUT2D eigenvalue weighted by Gasteiger charge is 2.22. The maximum absolute atomic E-state index is 5.93. The Morgan fingerprint density at radius 1 is 1.53 bits per heavy atom. The van der Waals surface area contributed by atoms with Crippen molar-refractivity contribution < 1.29 is 4.74 Å². The van der Waals surface area contributed by atoms with E-state index in [1.165, 1.54) is 5.56 Å². The number of benzene rings is 1. The van der Waals surface area contributed by atoms with Gasteiger partial charge in [-0.25, -0.2) is 0 Å². The second kappa shape index (κ2) is 4.42. The van der Waals surface area contributed by atoms with Gasteiger partial charge in [-0.15, -0.1) is 0 Å².